The molecule has 1 aromatic carbocycles. The van der Waals surface area contributed by atoms with Gasteiger partial charge in [0.25, 0.3) is 0 Å². The molecule has 10 nitrogen and oxygen atoms in total. The van der Waals surface area contributed by atoms with Crippen molar-refractivity contribution in [1.82, 2.24) is 15.2 Å². The van der Waals surface area contributed by atoms with Gasteiger partial charge in [0.05, 0.1) is 36.1 Å². The molecule has 0 bridgehead atoms. The van der Waals surface area contributed by atoms with Crippen molar-refractivity contribution in [2.45, 2.75) is 36.9 Å². The summed E-state index contributed by atoms with van der Waals surface area (Å²) >= 11 is 8.46. The molecule has 1 atom stereocenters. The van der Waals surface area contributed by atoms with Gasteiger partial charge in [0.1, 0.15) is 11.6 Å². The first-order valence-electron chi connectivity index (χ1n) is 12.6. The number of nitrogens with one attached hydrogen (secondary N) is 1. The van der Waals surface area contributed by atoms with E-state index in [9.17, 15) is 14.9 Å². The van der Waals surface area contributed by atoms with Gasteiger partial charge in [-0.1, -0.05) is 60.7 Å². The van der Waals surface area contributed by atoms with E-state index in [4.69, 9.17) is 22.1 Å². The van der Waals surface area contributed by atoms with Gasteiger partial charge in [-0.2, -0.15) is 5.26 Å². The second kappa shape index (κ2) is 11.5. The average Bonchev–Trinajstić information content (AvgIpc) is 3.40. The molecule has 1 aliphatic heterocycles. The highest BCUT2D eigenvalue weighted by molar-refractivity contribution is 8.01. The van der Waals surface area contributed by atoms with Crippen molar-refractivity contribution in [3.05, 3.63) is 76.0 Å². The topological polar surface area (TPSA) is 147 Å². The normalized spacial score (nSPS) is 18.2. The number of allylic oxidation sites excluding steroid dienone is 3. The molecule has 1 aliphatic carbocycles. The minimum absolute atomic E-state index is 0.0350. The molecule has 13 heteroatoms. The van der Waals surface area contributed by atoms with E-state index >= 15 is 0 Å². The van der Waals surface area contributed by atoms with Gasteiger partial charge in [-0.3, -0.25) is 14.5 Å². The molecule has 2 aromatic heterocycles. The molecule has 0 spiro atoms. The number of amides is 1. The number of rotatable bonds is 7. The number of hydrogen-bond acceptors (Lipinski definition) is 11. The largest absolute Gasteiger partial charge is 0.497 e. The fourth-order valence-corrected chi connectivity index (χ4v) is 6.85. The number of methoxy groups -OCH3 is 1. The Labute approximate surface area is 250 Å². The third-order valence-electron chi connectivity index (χ3n) is 6.78. The predicted molar refractivity (Wildman–Crippen MR) is 159 cm³/mol. The van der Waals surface area contributed by atoms with E-state index in [2.05, 4.69) is 26.6 Å². The molecule has 0 saturated heterocycles. The third-order valence-corrected chi connectivity index (χ3v) is 9.12. The lowest BCUT2D eigenvalue weighted by atomic mass is 9.68. The highest BCUT2D eigenvalue weighted by Gasteiger charge is 2.45. The van der Waals surface area contributed by atoms with Crippen LogP contribution in [0.1, 0.15) is 38.2 Å². The number of nitrogens with two attached hydrogens (primary N) is 1. The van der Waals surface area contributed by atoms with Crippen molar-refractivity contribution >= 4 is 57.2 Å². The van der Waals surface area contributed by atoms with Crippen LogP contribution in [0.2, 0.25) is 5.15 Å². The number of carbonyl (C=O) groups excluding carboxylic acids is 2. The van der Waals surface area contributed by atoms with Gasteiger partial charge in [0.2, 0.25) is 11.0 Å². The van der Waals surface area contributed by atoms with Crippen LogP contribution in [0.4, 0.5) is 10.8 Å². The number of aromatic nitrogens is 3. The zero-order chi connectivity index (χ0) is 29.3. The maximum absolute atomic E-state index is 13.7. The summed E-state index contributed by atoms with van der Waals surface area (Å²) in [4.78, 5) is 31.8. The molecular formula is C28H26ClN7O3S2. The molecule has 0 saturated carbocycles. The van der Waals surface area contributed by atoms with E-state index in [0.717, 1.165) is 5.56 Å². The molecule has 3 aromatic rings. The summed E-state index contributed by atoms with van der Waals surface area (Å²) < 4.78 is 5.82. The van der Waals surface area contributed by atoms with Gasteiger partial charge in [-0.05, 0) is 41.7 Å². The van der Waals surface area contributed by atoms with Crippen LogP contribution in [0.5, 0.6) is 5.75 Å². The van der Waals surface area contributed by atoms with Gasteiger partial charge in [0, 0.05) is 23.9 Å². The third kappa shape index (κ3) is 5.79. The number of ether oxygens (including phenoxy) is 1. The Kier molecular flexibility index (Phi) is 8.04. The van der Waals surface area contributed by atoms with Gasteiger partial charge in [-0.25, -0.2) is 4.98 Å². The molecule has 2 aliphatic rings. The second-order valence-corrected chi connectivity index (χ2v) is 12.8. The van der Waals surface area contributed by atoms with Crippen molar-refractivity contribution in [2.24, 2.45) is 11.1 Å². The van der Waals surface area contributed by atoms with Crippen LogP contribution in [0, 0.1) is 16.7 Å². The Bertz CT molecular complexity index is 1630. The molecule has 1 unspecified atom stereocenters. The first-order valence-corrected chi connectivity index (χ1v) is 14.8. The fraction of sp³-hybridized carbons (Fsp3) is 0.286. The fourth-order valence-electron chi connectivity index (χ4n) is 5.00. The van der Waals surface area contributed by atoms with Gasteiger partial charge < -0.3 is 15.8 Å². The van der Waals surface area contributed by atoms with Crippen LogP contribution in [-0.2, 0) is 9.59 Å². The lowest BCUT2D eigenvalue weighted by molar-refractivity contribution is -0.118. The number of anilines is 2. The van der Waals surface area contributed by atoms with Gasteiger partial charge in [-0.15, -0.1) is 10.2 Å². The number of pyridine rings is 1. The average molecular weight is 608 g/mol. The van der Waals surface area contributed by atoms with Crippen LogP contribution < -0.4 is 20.7 Å². The van der Waals surface area contributed by atoms with Crippen molar-refractivity contribution < 1.29 is 14.3 Å². The summed E-state index contributed by atoms with van der Waals surface area (Å²) in [5.41, 5.74) is 9.07. The van der Waals surface area contributed by atoms with Crippen molar-refractivity contribution in [3.8, 4) is 11.8 Å². The summed E-state index contributed by atoms with van der Waals surface area (Å²) in [6, 6.07) is 12.9. The molecule has 1 amide bonds. The Hall–Kier alpha value is -3.92. The first kappa shape index (κ1) is 28.6. The van der Waals surface area contributed by atoms with E-state index in [-0.39, 0.29) is 39.4 Å². The summed E-state index contributed by atoms with van der Waals surface area (Å²) in [6.45, 7) is 4.06. The maximum Gasteiger partial charge on any atom is 0.234 e. The summed E-state index contributed by atoms with van der Waals surface area (Å²) in [7, 11) is 1.58. The van der Waals surface area contributed by atoms with Crippen LogP contribution in [0.15, 0.2) is 69.6 Å². The Morgan fingerprint density at radius 1 is 1.29 bits per heavy atom. The molecule has 3 N–H and O–H groups in total. The number of nitrogens with zero attached hydrogens (tertiary/aromatic N) is 5. The summed E-state index contributed by atoms with van der Waals surface area (Å²) in [5, 5.41) is 22.2. The Balaban J connectivity index is 1.47. The van der Waals surface area contributed by atoms with Crippen LogP contribution in [0.25, 0.3) is 0 Å². The smallest absolute Gasteiger partial charge is 0.234 e. The molecule has 41 heavy (non-hydrogen) atoms. The predicted octanol–water partition coefficient (Wildman–Crippen LogP) is 5.27. The SMILES string of the molecule is COc1ccc(C2C(C#N)=C(N)N(c3nnc(SCC(=O)Nc4cccnc4Cl)s3)C3=C2C(=O)CC(C)(C)C3)cc1. The van der Waals surface area contributed by atoms with Crippen molar-refractivity contribution in [2.75, 3.05) is 23.1 Å². The molecule has 3 heterocycles. The summed E-state index contributed by atoms with van der Waals surface area (Å²) in [5.74, 6) is 0.0147. The van der Waals surface area contributed by atoms with E-state index < -0.39 is 5.92 Å². The summed E-state index contributed by atoms with van der Waals surface area (Å²) in [6.07, 6.45) is 2.43. The number of halogens is 1. The highest BCUT2D eigenvalue weighted by atomic mass is 35.5. The van der Waals surface area contributed by atoms with Crippen LogP contribution in [0.3, 0.4) is 0 Å². The minimum Gasteiger partial charge on any atom is -0.497 e. The number of ketones is 1. The highest BCUT2D eigenvalue weighted by Crippen LogP contribution is 2.50. The van der Waals surface area contributed by atoms with E-state index in [1.807, 2.05) is 26.0 Å². The minimum atomic E-state index is -0.606. The lowest BCUT2D eigenvalue weighted by Gasteiger charge is -2.42. The molecule has 0 radical (unpaired) electrons. The number of benzene rings is 1. The Morgan fingerprint density at radius 3 is 2.73 bits per heavy atom. The maximum atomic E-state index is 13.7. The standard InChI is InChI=1S/C28H26ClN7O3S2/c1-28(2)11-19-23(20(37)12-28)22(15-6-8-16(39-3)9-7-15)17(13-30)25(31)36(19)26-34-35-27(41-26)40-14-21(38)33-18-5-4-10-32-24(18)29/h4-10,22H,11-12,14,31H2,1-3H3,(H,33,38). The number of carbonyl (C=O) groups is 2. The molecular weight excluding hydrogens is 582 g/mol. The van der Waals surface area contributed by atoms with Crippen molar-refractivity contribution in [1.29, 1.82) is 5.26 Å². The van der Waals surface area contributed by atoms with Gasteiger partial charge >= 0.3 is 0 Å². The molecule has 0 fully saturated rings. The van der Waals surface area contributed by atoms with Crippen molar-refractivity contribution in [3.63, 3.8) is 0 Å². The first-order chi connectivity index (χ1) is 19.6. The number of hydrogen-bond donors (Lipinski definition) is 2. The number of thioether (sulfide) groups is 1. The quantitative estimate of drug-likeness (QED) is 0.269. The second-order valence-electron chi connectivity index (χ2n) is 10.3. The van der Waals surface area contributed by atoms with Crippen LogP contribution >= 0.6 is 34.7 Å². The molecule has 5 rings (SSSR count). The van der Waals surface area contributed by atoms with Crippen LogP contribution in [-0.4, -0.2) is 39.7 Å². The van der Waals surface area contributed by atoms with E-state index in [1.54, 1.807) is 36.3 Å². The number of Topliss-reactive ketones (excluding diaryl/α,β-unsaturated/α-hetero) is 1. The Morgan fingerprint density at radius 2 is 2.05 bits per heavy atom. The lowest BCUT2D eigenvalue weighted by Crippen LogP contribution is -2.42. The van der Waals surface area contributed by atoms with E-state index in [1.165, 1.54) is 29.3 Å². The van der Waals surface area contributed by atoms with E-state index in [0.29, 0.717) is 45.0 Å². The zero-order valence-electron chi connectivity index (χ0n) is 22.5. The zero-order valence-corrected chi connectivity index (χ0v) is 24.9. The monoisotopic (exact) mass is 607 g/mol. The van der Waals surface area contributed by atoms with Gasteiger partial charge in [0.15, 0.2) is 15.3 Å². The molecule has 210 valence electrons. The number of nitriles is 1.